The molecule has 0 radical (unpaired) electrons. The Kier molecular flexibility index (Phi) is 2.92. The monoisotopic (exact) mass is 249 g/mol. The van der Waals surface area contributed by atoms with Crippen LogP contribution in [-0.2, 0) is 0 Å². The molecular weight excluding hydrogens is 234 g/mol. The number of nitrogens with zero attached hydrogens (tertiary/aromatic N) is 2. The lowest BCUT2D eigenvalue weighted by molar-refractivity contribution is 1.03. The first-order valence-corrected chi connectivity index (χ1v) is 6.47. The zero-order valence-electron chi connectivity index (χ0n) is 10.8. The van der Waals surface area contributed by atoms with Crippen LogP contribution >= 0.6 is 0 Å². The van der Waals surface area contributed by atoms with Crippen LogP contribution in [0, 0.1) is 18.3 Å². The van der Waals surface area contributed by atoms with Gasteiger partial charge in [-0.15, -0.1) is 0 Å². The summed E-state index contributed by atoms with van der Waals surface area (Å²) in [6, 6.07) is 15.0. The molecule has 0 spiro atoms. The summed E-state index contributed by atoms with van der Waals surface area (Å²) in [5.41, 5.74) is 2.98. The average molecular weight is 249 g/mol. The van der Waals surface area contributed by atoms with Gasteiger partial charge in [0.1, 0.15) is 11.9 Å². The Morgan fingerprint density at radius 3 is 2.79 bits per heavy atom. The first kappa shape index (κ1) is 11.7. The van der Waals surface area contributed by atoms with Gasteiger partial charge in [-0.05, 0) is 30.5 Å². The number of nitriles is 1. The molecule has 0 bridgehead atoms. The highest BCUT2D eigenvalue weighted by Gasteiger charge is 2.38. The minimum absolute atomic E-state index is 0.392. The number of aryl methyl sites for hydroxylation is 1. The van der Waals surface area contributed by atoms with Gasteiger partial charge in [0, 0.05) is 18.2 Å². The van der Waals surface area contributed by atoms with Crippen molar-refractivity contribution < 1.29 is 0 Å². The Morgan fingerprint density at radius 1 is 1.26 bits per heavy atom. The molecule has 1 aliphatic carbocycles. The molecule has 1 fully saturated rings. The van der Waals surface area contributed by atoms with E-state index in [0.717, 1.165) is 12.0 Å². The molecule has 1 aromatic heterocycles. The van der Waals surface area contributed by atoms with E-state index >= 15 is 0 Å². The molecule has 0 saturated heterocycles. The SMILES string of the molecule is Cc1ccnc(NC2CC2c2ccccc2)c1C#N. The van der Waals surface area contributed by atoms with Crippen LogP contribution in [0.5, 0.6) is 0 Å². The minimum Gasteiger partial charge on any atom is -0.366 e. The zero-order chi connectivity index (χ0) is 13.2. The summed E-state index contributed by atoms with van der Waals surface area (Å²) in [5.74, 6) is 1.25. The van der Waals surface area contributed by atoms with Crippen LogP contribution in [0.2, 0.25) is 0 Å². The van der Waals surface area contributed by atoms with Crippen molar-refractivity contribution in [3.05, 3.63) is 59.3 Å². The maximum absolute atomic E-state index is 9.19. The van der Waals surface area contributed by atoms with Gasteiger partial charge in [-0.1, -0.05) is 30.3 Å². The lowest BCUT2D eigenvalue weighted by Gasteiger charge is -2.08. The molecule has 3 heteroatoms. The molecule has 0 aliphatic heterocycles. The smallest absolute Gasteiger partial charge is 0.144 e. The third-order valence-corrected chi connectivity index (χ3v) is 3.61. The van der Waals surface area contributed by atoms with E-state index in [0.29, 0.717) is 23.3 Å². The number of nitrogens with one attached hydrogen (secondary N) is 1. The fourth-order valence-electron chi connectivity index (χ4n) is 2.41. The van der Waals surface area contributed by atoms with Crippen LogP contribution in [0.15, 0.2) is 42.6 Å². The van der Waals surface area contributed by atoms with Gasteiger partial charge in [-0.3, -0.25) is 0 Å². The molecular formula is C16H15N3. The molecule has 1 saturated carbocycles. The summed E-state index contributed by atoms with van der Waals surface area (Å²) >= 11 is 0. The summed E-state index contributed by atoms with van der Waals surface area (Å²) < 4.78 is 0. The number of anilines is 1. The van der Waals surface area contributed by atoms with Crippen molar-refractivity contribution in [2.45, 2.75) is 25.3 Å². The molecule has 3 nitrogen and oxygen atoms in total. The number of aromatic nitrogens is 1. The van der Waals surface area contributed by atoms with E-state index < -0.39 is 0 Å². The second-order valence-electron chi connectivity index (χ2n) is 4.97. The van der Waals surface area contributed by atoms with Gasteiger partial charge < -0.3 is 5.32 Å². The zero-order valence-corrected chi connectivity index (χ0v) is 10.8. The highest BCUT2D eigenvalue weighted by molar-refractivity contribution is 5.57. The van der Waals surface area contributed by atoms with E-state index in [4.69, 9.17) is 0 Å². The van der Waals surface area contributed by atoms with Crippen LogP contribution in [0.3, 0.4) is 0 Å². The van der Waals surface area contributed by atoms with Gasteiger partial charge in [0.2, 0.25) is 0 Å². The van der Waals surface area contributed by atoms with E-state index in [-0.39, 0.29) is 0 Å². The maximum atomic E-state index is 9.19. The summed E-state index contributed by atoms with van der Waals surface area (Å²) in [5, 5.41) is 12.6. The molecule has 19 heavy (non-hydrogen) atoms. The Balaban J connectivity index is 1.75. The average Bonchev–Trinajstić information content (AvgIpc) is 3.19. The number of rotatable bonds is 3. The molecule has 1 N–H and O–H groups in total. The third kappa shape index (κ3) is 2.30. The van der Waals surface area contributed by atoms with Gasteiger partial charge in [0.15, 0.2) is 0 Å². The fraction of sp³-hybridized carbons (Fsp3) is 0.250. The Bertz CT molecular complexity index is 628. The topological polar surface area (TPSA) is 48.7 Å². The first-order valence-electron chi connectivity index (χ1n) is 6.47. The molecule has 2 unspecified atom stereocenters. The van der Waals surface area contributed by atoms with E-state index in [1.165, 1.54) is 5.56 Å². The number of benzene rings is 1. The summed E-state index contributed by atoms with van der Waals surface area (Å²) in [7, 11) is 0. The van der Waals surface area contributed by atoms with Crippen molar-refractivity contribution >= 4 is 5.82 Å². The van der Waals surface area contributed by atoms with E-state index in [2.05, 4.69) is 40.6 Å². The molecule has 1 aromatic carbocycles. The maximum Gasteiger partial charge on any atom is 0.144 e. The summed E-state index contributed by atoms with van der Waals surface area (Å²) in [4.78, 5) is 4.29. The van der Waals surface area contributed by atoms with E-state index in [1.807, 2.05) is 19.1 Å². The summed E-state index contributed by atoms with van der Waals surface area (Å²) in [6.07, 6.45) is 2.85. The van der Waals surface area contributed by atoms with Crippen LogP contribution in [0.4, 0.5) is 5.82 Å². The molecule has 1 aliphatic rings. The quantitative estimate of drug-likeness (QED) is 0.908. The lowest BCUT2D eigenvalue weighted by Crippen LogP contribution is -2.08. The van der Waals surface area contributed by atoms with Crippen molar-refractivity contribution in [2.24, 2.45) is 0 Å². The van der Waals surface area contributed by atoms with Gasteiger partial charge in [0.05, 0.1) is 5.56 Å². The number of hydrogen-bond acceptors (Lipinski definition) is 3. The standard InChI is InChI=1S/C16H15N3/c1-11-7-8-18-16(14(11)10-17)19-15-9-13(15)12-5-3-2-4-6-12/h2-8,13,15H,9H2,1H3,(H,18,19). The summed E-state index contributed by atoms with van der Waals surface area (Å²) in [6.45, 7) is 1.94. The molecule has 1 heterocycles. The molecule has 3 rings (SSSR count). The van der Waals surface area contributed by atoms with Crippen molar-refractivity contribution in [1.29, 1.82) is 5.26 Å². The molecule has 2 aromatic rings. The van der Waals surface area contributed by atoms with Crippen LogP contribution in [0.25, 0.3) is 0 Å². The highest BCUT2D eigenvalue weighted by Crippen LogP contribution is 2.42. The van der Waals surface area contributed by atoms with Crippen molar-refractivity contribution in [3.63, 3.8) is 0 Å². The lowest BCUT2D eigenvalue weighted by atomic mass is 10.1. The second-order valence-corrected chi connectivity index (χ2v) is 4.97. The molecule has 94 valence electrons. The number of pyridine rings is 1. The fourth-order valence-corrected chi connectivity index (χ4v) is 2.41. The third-order valence-electron chi connectivity index (χ3n) is 3.61. The predicted molar refractivity (Wildman–Crippen MR) is 74.9 cm³/mol. The first-order chi connectivity index (χ1) is 9.29. The van der Waals surface area contributed by atoms with Gasteiger partial charge in [-0.25, -0.2) is 4.98 Å². The van der Waals surface area contributed by atoms with Crippen LogP contribution < -0.4 is 5.32 Å². The van der Waals surface area contributed by atoms with E-state index in [9.17, 15) is 5.26 Å². The van der Waals surface area contributed by atoms with Crippen molar-refractivity contribution in [1.82, 2.24) is 4.98 Å². The Labute approximate surface area is 112 Å². The Morgan fingerprint density at radius 2 is 2.05 bits per heavy atom. The molecule has 0 amide bonds. The highest BCUT2D eigenvalue weighted by atomic mass is 15.1. The van der Waals surface area contributed by atoms with Gasteiger partial charge >= 0.3 is 0 Å². The second kappa shape index (κ2) is 4.74. The molecule has 2 atom stereocenters. The minimum atomic E-state index is 0.392. The largest absolute Gasteiger partial charge is 0.366 e. The van der Waals surface area contributed by atoms with Gasteiger partial charge in [0.25, 0.3) is 0 Å². The van der Waals surface area contributed by atoms with Crippen molar-refractivity contribution in [3.8, 4) is 6.07 Å². The van der Waals surface area contributed by atoms with Crippen LogP contribution in [0.1, 0.15) is 29.0 Å². The predicted octanol–water partition coefficient (Wildman–Crippen LogP) is 3.23. The Hall–Kier alpha value is -2.34. The van der Waals surface area contributed by atoms with Crippen molar-refractivity contribution in [2.75, 3.05) is 5.32 Å². The normalized spacial score (nSPS) is 20.6. The van der Waals surface area contributed by atoms with E-state index in [1.54, 1.807) is 6.20 Å². The van der Waals surface area contributed by atoms with Gasteiger partial charge in [-0.2, -0.15) is 5.26 Å². The van der Waals surface area contributed by atoms with Crippen LogP contribution in [-0.4, -0.2) is 11.0 Å². The number of hydrogen-bond donors (Lipinski definition) is 1.